The van der Waals surface area contributed by atoms with E-state index in [1.165, 1.54) is 6.92 Å². The van der Waals surface area contributed by atoms with Gasteiger partial charge in [0.2, 0.25) is 5.91 Å². The van der Waals surface area contributed by atoms with Crippen LogP contribution in [0, 0.1) is 6.92 Å². The van der Waals surface area contributed by atoms with Crippen molar-refractivity contribution in [3.8, 4) is 0 Å². The molecule has 1 aliphatic rings. The van der Waals surface area contributed by atoms with Crippen LogP contribution < -0.4 is 16.7 Å². The lowest BCUT2D eigenvalue weighted by Gasteiger charge is -2.12. The summed E-state index contributed by atoms with van der Waals surface area (Å²) in [6.45, 7) is 1.78. The van der Waals surface area contributed by atoms with Gasteiger partial charge in [-0.3, -0.25) is 18.9 Å². The van der Waals surface area contributed by atoms with Gasteiger partial charge in [0, 0.05) is 37.3 Å². The number of hydroxylamine groups is 2. The second kappa shape index (κ2) is 10.9. The Bertz CT molecular complexity index is 1380. The SMILES string of the molecule is Cc1c(CC(=O)NCCCCCC(=O)ON2C(=O)CCC2=O)c(=O)oc2cc(N)c(S(=O)(=O)O)cc12. The molecule has 0 aliphatic carbocycles. The third-order valence-corrected chi connectivity index (χ3v) is 6.52. The molecule has 0 saturated carbocycles. The van der Waals surface area contributed by atoms with E-state index in [1.807, 2.05) is 0 Å². The number of imide groups is 1. The topological polar surface area (TPSA) is 203 Å². The molecule has 0 radical (unpaired) electrons. The lowest BCUT2D eigenvalue weighted by Crippen LogP contribution is -2.32. The van der Waals surface area contributed by atoms with Gasteiger partial charge >= 0.3 is 11.6 Å². The maximum atomic E-state index is 12.4. The number of fused-ring (bicyclic) bond motifs is 1. The molecule has 0 spiro atoms. The molecule has 4 N–H and O–H groups in total. The molecule has 2 heterocycles. The first-order valence-corrected chi connectivity index (χ1v) is 12.5. The van der Waals surface area contributed by atoms with Crippen molar-refractivity contribution in [2.45, 2.75) is 56.8 Å². The minimum Gasteiger partial charge on any atom is -0.422 e. The van der Waals surface area contributed by atoms with Gasteiger partial charge in [0.1, 0.15) is 10.5 Å². The minimum absolute atomic E-state index is 0.00159. The highest BCUT2D eigenvalue weighted by Gasteiger charge is 2.32. The Kier molecular flexibility index (Phi) is 8.10. The van der Waals surface area contributed by atoms with Crippen molar-refractivity contribution >= 4 is 50.5 Å². The quantitative estimate of drug-likeness (QED) is 0.130. The van der Waals surface area contributed by atoms with E-state index in [0.717, 1.165) is 12.1 Å². The molecule has 0 atom stereocenters. The second-order valence-electron chi connectivity index (χ2n) is 8.24. The van der Waals surface area contributed by atoms with Gasteiger partial charge < -0.3 is 20.3 Å². The molecular weight excluding hydrogens is 498 g/mol. The molecule has 0 unspecified atom stereocenters. The summed E-state index contributed by atoms with van der Waals surface area (Å²) < 4.78 is 37.6. The fourth-order valence-corrected chi connectivity index (χ4v) is 4.31. The van der Waals surface area contributed by atoms with E-state index in [-0.39, 0.29) is 54.4 Å². The van der Waals surface area contributed by atoms with Crippen LogP contribution in [0.4, 0.5) is 5.69 Å². The largest absolute Gasteiger partial charge is 0.422 e. The van der Waals surface area contributed by atoms with Gasteiger partial charge in [-0.25, -0.2) is 9.59 Å². The van der Waals surface area contributed by atoms with Crippen LogP contribution in [-0.4, -0.2) is 48.3 Å². The molecular formula is C22H25N3O10S. The first kappa shape index (κ1) is 26.8. The molecule has 1 aromatic heterocycles. The molecule has 3 amide bonds. The molecule has 3 rings (SSSR count). The normalized spacial score (nSPS) is 13.9. The number of unbranched alkanes of at least 4 members (excludes halogenated alkanes) is 2. The average Bonchev–Trinajstić information content (AvgIpc) is 3.09. The number of hydrogen-bond donors (Lipinski definition) is 3. The Hall–Kier alpha value is -3.78. The zero-order valence-electron chi connectivity index (χ0n) is 19.4. The highest BCUT2D eigenvalue weighted by Crippen LogP contribution is 2.28. The van der Waals surface area contributed by atoms with Crippen LogP contribution in [0.3, 0.4) is 0 Å². The fourth-order valence-electron chi connectivity index (χ4n) is 3.69. The van der Waals surface area contributed by atoms with E-state index in [4.69, 9.17) is 15.0 Å². The van der Waals surface area contributed by atoms with Crippen LogP contribution >= 0.6 is 0 Å². The number of anilines is 1. The monoisotopic (exact) mass is 523 g/mol. The molecule has 36 heavy (non-hydrogen) atoms. The van der Waals surface area contributed by atoms with Crippen LogP contribution in [0.25, 0.3) is 11.0 Å². The second-order valence-corrected chi connectivity index (χ2v) is 9.63. The van der Waals surface area contributed by atoms with Gasteiger partial charge in [0.05, 0.1) is 17.7 Å². The van der Waals surface area contributed by atoms with Gasteiger partial charge in [-0.1, -0.05) is 6.42 Å². The molecule has 1 saturated heterocycles. The van der Waals surface area contributed by atoms with Gasteiger partial charge in [0.15, 0.2) is 0 Å². The number of carbonyl (C=O) groups is 4. The van der Waals surface area contributed by atoms with Gasteiger partial charge in [0.25, 0.3) is 21.9 Å². The summed E-state index contributed by atoms with van der Waals surface area (Å²) in [5.41, 5.74) is 4.92. The van der Waals surface area contributed by atoms with Crippen molar-refractivity contribution in [3.63, 3.8) is 0 Å². The highest BCUT2D eigenvalue weighted by atomic mass is 32.2. The third kappa shape index (κ3) is 6.26. The van der Waals surface area contributed by atoms with E-state index in [2.05, 4.69) is 5.32 Å². The number of carbonyl (C=O) groups excluding carboxylic acids is 4. The average molecular weight is 524 g/mol. The van der Waals surface area contributed by atoms with E-state index >= 15 is 0 Å². The summed E-state index contributed by atoms with van der Waals surface area (Å²) in [6.07, 6.45) is 1.20. The number of benzene rings is 1. The van der Waals surface area contributed by atoms with Gasteiger partial charge in [-0.15, -0.1) is 5.06 Å². The molecule has 0 bridgehead atoms. The maximum Gasteiger partial charge on any atom is 0.340 e. The number of hydrogen-bond acceptors (Lipinski definition) is 10. The standard InChI is InChI=1S/C22H25N3O10S/c1-12-13-9-17(36(31,32)33)15(23)11-16(13)34-22(30)14(12)10-18(26)24-8-4-2-3-5-21(29)35-25-19(27)6-7-20(25)28/h9,11H,2-8,10,23H2,1H3,(H,24,26)(H,31,32,33). The summed E-state index contributed by atoms with van der Waals surface area (Å²) in [6, 6.07) is 2.20. The number of nitrogens with two attached hydrogens (primary N) is 1. The van der Waals surface area contributed by atoms with E-state index < -0.39 is 44.3 Å². The van der Waals surface area contributed by atoms with Gasteiger partial charge in [-0.05, 0) is 31.4 Å². The first-order valence-electron chi connectivity index (χ1n) is 11.0. The molecule has 14 heteroatoms. The lowest BCUT2D eigenvalue weighted by atomic mass is 10.0. The Morgan fingerprint density at radius 3 is 2.44 bits per heavy atom. The van der Waals surface area contributed by atoms with Crippen LogP contribution in [0.5, 0.6) is 0 Å². The molecule has 1 aliphatic heterocycles. The summed E-state index contributed by atoms with van der Waals surface area (Å²) in [5, 5.41) is 3.35. The van der Waals surface area contributed by atoms with Crippen LogP contribution in [-0.2, 0) is 40.6 Å². The summed E-state index contributed by atoms with van der Waals surface area (Å²) in [5.74, 6) is -2.26. The number of nitrogens with one attached hydrogen (secondary N) is 1. The fraction of sp³-hybridized carbons (Fsp3) is 0.409. The number of nitrogen functional groups attached to an aromatic ring is 1. The highest BCUT2D eigenvalue weighted by molar-refractivity contribution is 7.86. The summed E-state index contributed by atoms with van der Waals surface area (Å²) in [7, 11) is -4.61. The smallest absolute Gasteiger partial charge is 0.340 e. The molecule has 13 nitrogen and oxygen atoms in total. The molecule has 1 fully saturated rings. The Balaban J connectivity index is 1.50. The summed E-state index contributed by atoms with van der Waals surface area (Å²) >= 11 is 0. The van der Waals surface area contributed by atoms with Crippen LogP contribution in [0.2, 0.25) is 0 Å². The van der Waals surface area contributed by atoms with Crippen molar-refractivity contribution in [2.24, 2.45) is 0 Å². The zero-order chi connectivity index (χ0) is 26.6. The van der Waals surface area contributed by atoms with Crippen molar-refractivity contribution in [3.05, 3.63) is 33.7 Å². The summed E-state index contributed by atoms with van der Waals surface area (Å²) in [4.78, 5) is 63.6. The Morgan fingerprint density at radius 1 is 1.14 bits per heavy atom. The molecule has 2 aromatic rings. The number of amides is 3. The predicted molar refractivity (Wildman–Crippen MR) is 124 cm³/mol. The van der Waals surface area contributed by atoms with E-state index in [9.17, 15) is 36.9 Å². The minimum atomic E-state index is -4.61. The molecule has 1 aromatic carbocycles. The predicted octanol–water partition coefficient (Wildman–Crippen LogP) is 0.757. The van der Waals surface area contributed by atoms with E-state index in [0.29, 0.717) is 29.9 Å². The third-order valence-electron chi connectivity index (χ3n) is 5.61. The van der Waals surface area contributed by atoms with Crippen molar-refractivity contribution in [1.29, 1.82) is 0 Å². The number of rotatable bonds is 10. The van der Waals surface area contributed by atoms with Crippen LogP contribution in [0.1, 0.15) is 49.7 Å². The van der Waals surface area contributed by atoms with E-state index in [1.54, 1.807) is 0 Å². The van der Waals surface area contributed by atoms with Crippen molar-refractivity contribution < 1.29 is 41.4 Å². The number of nitrogens with zero attached hydrogens (tertiary/aromatic N) is 1. The first-order chi connectivity index (χ1) is 16.9. The van der Waals surface area contributed by atoms with Crippen molar-refractivity contribution in [2.75, 3.05) is 12.3 Å². The Labute approximate surface area is 205 Å². The zero-order valence-corrected chi connectivity index (χ0v) is 20.2. The number of aryl methyl sites for hydroxylation is 1. The van der Waals surface area contributed by atoms with Crippen molar-refractivity contribution in [1.82, 2.24) is 10.4 Å². The lowest BCUT2D eigenvalue weighted by molar-refractivity contribution is -0.197. The maximum absolute atomic E-state index is 12.4. The van der Waals surface area contributed by atoms with Gasteiger partial charge in [-0.2, -0.15) is 8.42 Å². The molecule has 194 valence electrons. The Morgan fingerprint density at radius 2 is 1.81 bits per heavy atom. The van der Waals surface area contributed by atoms with Crippen LogP contribution in [0.15, 0.2) is 26.2 Å².